The van der Waals surface area contributed by atoms with E-state index in [0.717, 1.165) is 63.1 Å². The normalized spacial score (nSPS) is 20.1. The molecule has 1 aromatic carbocycles. The summed E-state index contributed by atoms with van der Waals surface area (Å²) >= 11 is 0. The minimum atomic E-state index is -0.234. The number of anilines is 2. The third-order valence-electron chi connectivity index (χ3n) is 7.94. The molecule has 1 aliphatic carbocycles. The van der Waals surface area contributed by atoms with Crippen LogP contribution in [0.25, 0.3) is 11.1 Å². The van der Waals surface area contributed by atoms with Crippen LogP contribution in [0.15, 0.2) is 54.2 Å². The van der Waals surface area contributed by atoms with Gasteiger partial charge < -0.3 is 14.8 Å². The van der Waals surface area contributed by atoms with Gasteiger partial charge in [0.1, 0.15) is 36.3 Å². The van der Waals surface area contributed by atoms with Gasteiger partial charge in [-0.2, -0.15) is 10.4 Å². The fourth-order valence-corrected chi connectivity index (χ4v) is 5.74. The van der Waals surface area contributed by atoms with Crippen LogP contribution in [0.3, 0.4) is 0 Å². The van der Waals surface area contributed by atoms with Crippen molar-refractivity contribution in [3.05, 3.63) is 65.4 Å². The first kappa shape index (κ1) is 27.6. The van der Waals surface area contributed by atoms with Gasteiger partial charge in [0.2, 0.25) is 5.95 Å². The predicted molar refractivity (Wildman–Crippen MR) is 154 cm³/mol. The maximum atomic E-state index is 12.7. The van der Waals surface area contributed by atoms with Crippen molar-refractivity contribution in [1.82, 2.24) is 39.4 Å². The fraction of sp³-hybridized carbons (Fsp3) is 0.448. The van der Waals surface area contributed by atoms with E-state index >= 15 is 0 Å². The van der Waals surface area contributed by atoms with Gasteiger partial charge >= 0.3 is 0 Å². The third kappa shape index (κ3) is 6.35. The lowest BCUT2D eigenvalue weighted by atomic mass is 9.90. The maximum absolute atomic E-state index is 12.7. The van der Waals surface area contributed by atoms with Crippen molar-refractivity contribution < 1.29 is 9.47 Å². The van der Waals surface area contributed by atoms with Crippen molar-refractivity contribution in [2.45, 2.75) is 57.3 Å². The first-order valence-electron chi connectivity index (χ1n) is 14.3. The summed E-state index contributed by atoms with van der Waals surface area (Å²) < 4.78 is 15.2. The summed E-state index contributed by atoms with van der Waals surface area (Å²) in [6, 6.07) is 8.40. The zero-order chi connectivity index (χ0) is 28.9. The van der Waals surface area contributed by atoms with Gasteiger partial charge in [-0.3, -0.25) is 19.5 Å². The monoisotopic (exact) mass is 570 g/mol. The topological polar surface area (TPSA) is 152 Å². The highest BCUT2D eigenvalue weighted by atomic mass is 16.5. The second-order valence-electron chi connectivity index (χ2n) is 10.8. The van der Waals surface area contributed by atoms with E-state index in [4.69, 9.17) is 9.47 Å². The van der Waals surface area contributed by atoms with Crippen molar-refractivity contribution in [3.8, 4) is 22.9 Å². The van der Waals surface area contributed by atoms with Crippen LogP contribution >= 0.6 is 0 Å². The number of hydrogen-bond acceptors (Lipinski definition) is 10. The van der Waals surface area contributed by atoms with Crippen LogP contribution in [-0.4, -0.2) is 77.9 Å². The number of rotatable bonds is 9. The van der Waals surface area contributed by atoms with Crippen LogP contribution in [0.1, 0.15) is 44.2 Å². The van der Waals surface area contributed by atoms with Crippen LogP contribution in [0.4, 0.5) is 11.6 Å². The summed E-state index contributed by atoms with van der Waals surface area (Å²) in [7, 11) is 0. The number of morpholine rings is 1. The second-order valence-corrected chi connectivity index (χ2v) is 10.8. The van der Waals surface area contributed by atoms with Crippen molar-refractivity contribution in [1.29, 1.82) is 5.26 Å². The number of aromatic nitrogens is 7. The van der Waals surface area contributed by atoms with Crippen LogP contribution < -0.4 is 15.6 Å². The van der Waals surface area contributed by atoms with Crippen LogP contribution in [0, 0.1) is 11.3 Å². The summed E-state index contributed by atoms with van der Waals surface area (Å²) in [4.78, 5) is 28.1. The zero-order valence-corrected chi connectivity index (χ0v) is 23.5. The molecule has 2 fully saturated rings. The second kappa shape index (κ2) is 12.5. The van der Waals surface area contributed by atoms with E-state index in [9.17, 15) is 10.1 Å². The van der Waals surface area contributed by atoms with E-state index in [-0.39, 0.29) is 17.7 Å². The Morgan fingerprint density at radius 1 is 1.14 bits per heavy atom. The van der Waals surface area contributed by atoms with Crippen molar-refractivity contribution in [2.24, 2.45) is 0 Å². The van der Waals surface area contributed by atoms with Gasteiger partial charge in [0.25, 0.3) is 5.56 Å². The lowest BCUT2D eigenvalue weighted by Crippen LogP contribution is -2.45. The molecule has 2 aliphatic rings. The van der Waals surface area contributed by atoms with Gasteiger partial charge in [-0.1, -0.05) is 6.07 Å². The molecule has 4 aromatic rings. The van der Waals surface area contributed by atoms with Gasteiger partial charge in [-0.25, -0.2) is 19.6 Å². The molecule has 1 saturated heterocycles. The molecule has 42 heavy (non-hydrogen) atoms. The molecule has 1 saturated carbocycles. The molecule has 0 spiro atoms. The molecule has 6 rings (SSSR count). The van der Waals surface area contributed by atoms with Gasteiger partial charge in [-0.15, -0.1) is 0 Å². The Labute approximate surface area is 243 Å². The zero-order valence-electron chi connectivity index (χ0n) is 23.5. The lowest BCUT2D eigenvalue weighted by molar-refractivity contribution is 0.00505. The minimum absolute atomic E-state index is 0.202. The highest BCUT2D eigenvalue weighted by Crippen LogP contribution is 2.32. The molecule has 1 unspecified atom stereocenters. The number of hydrogen-bond donors (Lipinski definition) is 2. The van der Waals surface area contributed by atoms with Gasteiger partial charge in [0, 0.05) is 37.1 Å². The molecule has 0 bridgehead atoms. The Kier molecular flexibility index (Phi) is 8.25. The average Bonchev–Trinajstić information content (AvgIpc) is 3.67. The number of H-pyrrole nitrogens is 1. The van der Waals surface area contributed by atoms with E-state index < -0.39 is 0 Å². The summed E-state index contributed by atoms with van der Waals surface area (Å²) in [6.07, 6.45) is 12.3. The van der Waals surface area contributed by atoms with Crippen LogP contribution in [0.5, 0.6) is 5.75 Å². The van der Waals surface area contributed by atoms with Gasteiger partial charge in [0.05, 0.1) is 37.6 Å². The van der Waals surface area contributed by atoms with E-state index in [1.807, 2.05) is 23.9 Å². The van der Waals surface area contributed by atoms with Crippen molar-refractivity contribution in [2.75, 3.05) is 31.6 Å². The molecular weight excluding hydrogens is 536 g/mol. The average molecular weight is 571 g/mol. The van der Waals surface area contributed by atoms with Crippen LogP contribution in [0.2, 0.25) is 0 Å². The lowest BCUT2D eigenvalue weighted by Gasteiger charge is -2.38. The van der Waals surface area contributed by atoms with Crippen molar-refractivity contribution >= 4 is 11.6 Å². The largest absolute Gasteiger partial charge is 0.487 e. The molecule has 0 amide bonds. The van der Waals surface area contributed by atoms with Gasteiger partial charge in [-0.05, 0) is 50.3 Å². The number of benzene rings is 1. The quantitative estimate of drug-likeness (QED) is 0.307. The first-order chi connectivity index (χ1) is 20.6. The SMILES string of the molecule is CC(Cn1cncn1)Oc1cc(-c2cnc(Nc3cn(C4CCC(N5CCOCC5)CC4)[nH]c3=O)nc2)ccc1C#N. The van der Waals surface area contributed by atoms with Crippen LogP contribution in [-0.2, 0) is 11.3 Å². The van der Waals surface area contributed by atoms with E-state index in [2.05, 4.69) is 41.4 Å². The highest BCUT2D eigenvalue weighted by Gasteiger charge is 2.28. The number of nitrogens with one attached hydrogen (secondary N) is 2. The molecule has 218 valence electrons. The molecule has 1 aliphatic heterocycles. The fourth-order valence-electron chi connectivity index (χ4n) is 5.74. The molecule has 2 N–H and O–H groups in total. The van der Waals surface area contributed by atoms with Crippen molar-refractivity contribution in [3.63, 3.8) is 0 Å². The van der Waals surface area contributed by atoms with E-state index in [0.29, 0.717) is 35.5 Å². The standard InChI is InChI=1S/C29H34N10O3/c1-20(16-38-19-31-18-34-38)42-27-12-21(2-3-22(27)13-30)23-14-32-29(33-15-23)35-26-17-39(36-28(26)40)25-6-4-24(5-7-25)37-8-10-41-11-9-37/h2-3,12,14-15,17-20,24-25H,4-11,16H2,1H3,(H,36,40)(H,32,33,35). The number of aromatic amines is 1. The molecule has 3 aromatic heterocycles. The summed E-state index contributed by atoms with van der Waals surface area (Å²) in [5.41, 5.74) is 2.20. The number of ether oxygens (including phenoxy) is 2. The van der Waals surface area contributed by atoms with Gasteiger partial charge in [0.15, 0.2) is 0 Å². The third-order valence-corrected chi connectivity index (χ3v) is 7.94. The number of nitriles is 1. The summed E-state index contributed by atoms with van der Waals surface area (Å²) in [6.45, 7) is 6.05. The molecule has 13 heteroatoms. The highest BCUT2D eigenvalue weighted by molar-refractivity contribution is 5.66. The molecular formula is C29H34N10O3. The minimum Gasteiger partial charge on any atom is -0.487 e. The molecule has 0 radical (unpaired) electrons. The summed E-state index contributed by atoms with van der Waals surface area (Å²) in [5, 5.41) is 19.7. The first-order valence-corrected chi connectivity index (χ1v) is 14.3. The number of nitrogens with zero attached hydrogens (tertiary/aromatic N) is 8. The Hall–Kier alpha value is -4.54. The summed E-state index contributed by atoms with van der Waals surface area (Å²) in [5.74, 6) is 0.793. The smallest absolute Gasteiger partial charge is 0.287 e. The predicted octanol–water partition coefficient (Wildman–Crippen LogP) is 3.12. The van der Waals surface area contributed by atoms with E-state index in [1.54, 1.807) is 35.5 Å². The molecule has 13 nitrogen and oxygen atoms in total. The Balaban J connectivity index is 1.09. The molecule has 4 heterocycles. The Morgan fingerprint density at radius 2 is 1.90 bits per heavy atom. The maximum Gasteiger partial charge on any atom is 0.287 e. The van der Waals surface area contributed by atoms with E-state index in [1.165, 1.54) is 6.33 Å². The Bertz CT molecular complexity index is 1560. The Morgan fingerprint density at radius 3 is 2.62 bits per heavy atom. The molecule has 1 atom stereocenters.